The van der Waals surface area contributed by atoms with E-state index in [1.165, 1.54) is 12.1 Å². The molecule has 0 heterocycles. The van der Waals surface area contributed by atoms with Gasteiger partial charge in [-0.15, -0.1) is 24.0 Å². The van der Waals surface area contributed by atoms with Gasteiger partial charge in [-0.1, -0.05) is 0 Å². The van der Waals surface area contributed by atoms with Crippen LogP contribution in [0.25, 0.3) is 0 Å². The number of nitrogens with zero attached hydrogens (tertiary/aromatic N) is 1. The Hall–Kier alpha value is -1.55. The summed E-state index contributed by atoms with van der Waals surface area (Å²) in [6.07, 6.45) is 0. The quantitative estimate of drug-likeness (QED) is 0.225. The molecule has 1 atom stereocenters. The molecule has 0 fully saturated rings. The number of carbonyl (C=O) groups excluding carboxylic acids is 1. The molecule has 0 aliphatic heterocycles. The fourth-order valence-electron chi connectivity index (χ4n) is 1.74. The van der Waals surface area contributed by atoms with Gasteiger partial charge in [0.2, 0.25) is 5.91 Å². The average molecular weight is 436 g/mol. The van der Waals surface area contributed by atoms with E-state index in [0.29, 0.717) is 24.8 Å². The highest BCUT2D eigenvalue weighted by Gasteiger charge is 2.06. The number of hydrogen-bond acceptors (Lipinski definition) is 4. The summed E-state index contributed by atoms with van der Waals surface area (Å²) in [7, 11) is 1.63. The number of halogens is 1. The maximum Gasteiger partial charge on any atom is 0.246 e. The van der Waals surface area contributed by atoms with Crippen LogP contribution in [0.5, 0.6) is 5.75 Å². The normalized spacial score (nSPS) is 12.0. The van der Waals surface area contributed by atoms with Crippen molar-refractivity contribution in [2.75, 3.05) is 32.1 Å². The van der Waals surface area contributed by atoms with Crippen molar-refractivity contribution in [3.8, 4) is 5.75 Å². The molecule has 1 aromatic carbocycles. The third-order valence-electron chi connectivity index (χ3n) is 2.68. The van der Waals surface area contributed by atoms with Gasteiger partial charge in [0, 0.05) is 25.4 Å². The Morgan fingerprint density at radius 2 is 2.00 bits per heavy atom. The molecule has 0 aliphatic rings. The van der Waals surface area contributed by atoms with E-state index in [1.807, 2.05) is 13.8 Å². The van der Waals surface area contributed by atoms with E-state index in [2.05, 4.69) is 20.9 Å². The minimum absolute atomic E-state index is 0. The summed E-state index contributed by atoms with van der Waals surface area (Å²) in [5.41, 5.74) is 0.615. The standard InChI is InChI=1S/C15H24N4O3.HI/c1-4-16-15(18-11(2)10-22-3)17-9-14(21)19-12-5-7-13(20)8-6-12;/h5-8,11,20H,4,9-10H2,1-3H3,(H,19,21)(H2,16,17,18);1H. The number of rotatable bonds is 7. The summed E-state index contributed by atoms with van der Waals surface area (Å²) in [5.74, 6) is 0.483. The Morgan fingerprint density at radius 3 is 2.57 bits per heavy atom. The summed E-state index contributed by atoms with van der Waals surface area (Å²) < 4.78 is 5.05. The molecule has 0 saturated carbocycles. The zero-order valence-corrected chi connectivity index (χ0v) is 16.0. The lowest BCUT2D eigenvalue weighted by atomic mass is 10.3. The Bertz CT molecular complexity index is 494. The second-order valence-corrected chi connectivity index (χ2v) is 4.79. The Balaban J connectivity index is 0.00000484. The van der Waals surface area contributed by atoms with Gasteiger partial charge in [-0.2, -0.15) is 0 Å². The van der Waals surface area contributed by atoms with E-state index in [0.717, 1.165) is 0 Å². The van der Waals surface area contributed by atoms with E-state index >= 15 is 0 Å². The van der Waals surface area contributed by atoms with E-state index in [4.69, 9.17) is 4.74 Å². The highest BCUT2D eigenvalue weighted by atomic mass is 127. The predicted octanol–water partition coefficient (Wildman–Crippen LogP) is 1.54. The summed E-state index contributed by atoms with van der Waals surface area (Å²) in [6.45, 7) is 5.16. The van der Waals surface area contributed by atoms with E-state index in [-0.39, 0.29) is 48.2 Å². The van der Waals surface area contributed by atoms with Crippen molar-refractivity contribution in [1.29, 1.82) is 0 Å². The summed E-state index contributed by atoms with van der Waals surface area (Å²) in [4.78, 5) is 16.1. The van der Waals surface area contributed by atoms with Gasteiger partial charge in [0.05, 0.1) is 6.61 Å². The number of carbonyl (C=O) groups is 1. The first-order chi connectivity index (χ1) is 10.5. The van der Waals surface area contributed by atoms with Crippen LogP contribution in [0.1, 0.15) is 13.8 Å². The molecule has 23 heavy (non-hydrogen) atoms. The second-order valence-electron chi connectivity index (χ2n) is 4.79. The molecule has 1 rings (SSSR count). The van der Waals surface area contributed by atoms with Crippen LogP contribution in [0.4, 0.5) is 5.69 Å². The van der Waals surface area contributed by atoms with Crippen molar-refractivity contribution in [3.05, 3.63) is 24.3 Å². The van der Waals surface area contributed by atoms with Crippen LogP contribution in [-0.2, 0) is 9.53 Å². The highest BCUT2D eigenvalue weighted by Crippen LogP contribution is 2.13. The van der Waals surface area contributed by atoms with Crippen molar-refractivity contribution < 1.29 is 14.6 Å². The van der Waals surface area contributed by atoms with Gasteiger partial charge < -0.3 is 25.8 Å². The molecule has 4 N–H and O–H groups in total. The maximum atomic E-state index is 11.9. The van der Waals surface area contributed by atoms with Crippen LogP contribution in [0, 0.1) is 0 Å². The summed E-state index contributed by atoms with van der Waals surface area (Å²) >= 11 is 0. The molecule has 0 spiro atoms. The van der Waals surface area contributed by atoms with Crippen LogP contribution < -0.4 is 16.0 Å². The molecule has 0 saturated heterocycles. The van der Waals surface area contributed by atoms with Crippen LogP contribution >= 0.6 is 24.0 Å². The fourth-order valence-corrected chi connectivity index (χ4v) is 1.74. The van der Waals surface area contributed by atoms with Crippen molar-refractivity contribution in [2.45, 2.75) is 19.9 Å². The molecule has 1 aromatic rings. The van der Waals surface area contributed by atoms with Crippen molar-refractivity contribution in [1.82, 2.24) is 10.6 Å². The number of aliphatic imine (C=N–C) groups is 1. The number of benzene rings is 1. The first kappa shape index (κ1) is 21.4. The van der Waals surface area contributed by atoms with E-state index in [1.54, 1.807) is 19.2 Å². The van der Waals surface area contributed by atoms with Crippen molar-refractivity contribution in [3.63, 3.8) is 0 Å². The predicted molar refractivity (Wildman–Crippen MR) is 103 cm³/mol. The molecule has 0 bridgehead atoms. The minimum Gasteiger partial charge on any atom is -0.508 e. The number of guanidine groups is 1. The Morgan fingerprint density at radius 1 is 1.35 bits per heavy atom. The number of phenolic OH excluding ortho intramolecular Hbond substituents is 1. The molecule has 1 amide bonds. The third kappa shape index (κ3) is 9.24. The zero-order valence-electron chi connectivity index (χ0n) is 13.6. The smallest absolute Gasteiger partial charge is 0.246 e. The maximum absolute atomic E-state index is 11.9. The monoisotopic (exact) mass is 436 g/mol. The summed E-state index contributed by atoms with van der Waals surface area (Å²) in [5, 5.41) is 18.1. The van der Waals surface area contributed by atoms with Crippen molar-refractivity contribution >= 4 is 41.5 Å². The number of methoxy groups -OCH3 is 1. The molecular formula is C15H25IN4O3. The lowest BCUT2D eigenvalue weighted by molar-refractivity contribution is -0.114. The SMILES string of the molecule is CCNC(=NCC(=O)Nc1ccc(O)cc1)NC(C)COC.I. The molecule has 0 aromatic heterocycles. The molecule has 0 radical (unpaired) electrons. The molecular weight excluding hydrogens is 411 g/mol. The van der Waals surface area contributed by atoms with E-state index in [9.17, 15) is 9.90 Å². The van der Waals surface area contributed by atoms with Gasteiger partial charge in [-0.05, 0) is 38.1 Å². The fraction of sp³-hybridized carbons (Fsp3) is 0.467. The first-order valence-electron chi connectivity index (χ1n) is 7.17. The highest BCUT2D eigenvalue weighted by molar-refractivity contribution is 14.0. The third-order valence-corrected chi connectivity index (χ3v) is 2.68. The topological polar surface area (TPSA) is 95.0 Å². The molecule has 8 heteroatoms. The number of anilines is 1. The lowest BCUT2D eigenvalue weighted by Crippen LogP contribution is -2.44. The lowest BCUT2D eigenvalue weighted by Gasteiger charge is -2.16. The molecule has 0 aliphatic carbocycles. The van der Waals surface area contributed by atoms with Gasteiger partial charge in [0.15, 0.2) is 5.96 Å². The number of hydrogen-bond donors (Lipinski definition) is 4. The average Bonchev–Trinajstić information content (AvgIpc) is 2.48. The number of nitrogens with one attached hydrogen (secondary N) is 3. The number of amides is 1. The zero-order chi connectivity index (χ0) is 16.4. The van der Waals surface area contributed by atoms with E-state index < -0.39 is 0 Å². The van der Waals surface area contributed by atoms with Gasteiger partial charge in [-0.3, -0.25) is 4.79 Å². The second kappa shape index (κ2) is 11.9. The minimum atomic E-state index is -0.234. The Labute approximate surface area is 153 Å². The van der Waals surface area contributed by atoms with Crippen molar-refractivity contribution in [2.24, 2.45) is 4.99 Å². The molecule has 130 valence electrons. The largest absolute Gasteiger partial charge is 0.508 e. The van der Waals surface area contributed by atoms with Gasteiger partial charge >= 0.3 is 0 Å². The van der Waals surface area contributed by atoms with Crippen LogP contribution in [0.2, 0.25) is 0 Å². The van der Waals surface area contributed by atoms with Crippen LogP contribution in [-0.4, -0.2) is 49.8 Å². The van der Waals surface area contributed by atoms with Gasteiger partial charge in [-0.25, -0.2) is 4.99 Å². The van der Waals surface area contributed by atoms with Gasteiger partial charge in [0.1, 0.15) is 12.3 Å². The molecule has 1 unspecified atom stereocenters. The first-order valence-corrected chi connectivity index (χ1v) is 7.17. The van der Waals surface area contributed by atoms with Crippen LogP contribution in [0.15, 0.2) is 29.3 Å². The number of ether oxygens (including phenoxy) is 1. The number of phenols is 1. The van der Waals surface area contributed by atoms with Gasteiger partial charge in [0.25, 0.3) is 0 Å². The Kier molecular flexibility index (Phi) is 11.1. The number of aromatic hydroxyl groups is 1. The summed E-state index contributed by atoms with van der Waals surface area (Å²) in [6, 6.07) is 6.36. The van der Waals surface area contributed by atoms with Crippen LogP contribution in [0.3, 0.4) is 0 Å². The molecule has 7 nitrogen and oxygen atoms in total.